The van der Waals surface area contributed by atoms with Gasteiger partial charge < -0.3 is 5.32 Å². The molecule has 0 fully saturated rings. The zero-order chi connectivity index (χ0) is 16.8. The Labute approximate surface area is 136 Å². The van der Waals surface area contributed by atoms with Gasteiger partial charge in [0.1, 0.15) is 12.4 Å². The fourth-order valence-electron chi connectivity index (χ4n) is 2.26. The van der Waals surface area contributed by atoms with Crippen molar-refractivity contribution >= 4 is 5.91 Å². The summed E-state index contributed by atoms with van der Waals surface area (Å²) in [7, 11) is 0. The van der Waals surface area contributed by atoms with Gasteiger partial charge in [-0.15, -0.1) is 0 Å². The number of aromatic nitrogens is 2. The standard InChI is InChI=1S/C18H23N3O2/c1-4-13(3)19-16(22)12-21-17(23)11-15(5-2)20-18(21)14-9-7-6-8-10-14/h6-11,13H,4-5,12H2,1-3H3,(H,19,22). The lowest BCUT2D eigenvalue weighted by Gasteiger charge is -2.15. The number of aryl methyl sites for hydroxylation is 1. The first-order valence-electron chi connectivity index (χ1n) is 8.00. The molecule has 122 valence electrons. The van der Waals surface area contributed by atoms with Crippen LogP contribution in [-0.4, -0.2) is 21.5 Å². The van der Waals surface area contributed by atoms with Crippen LogP contribution in [0, 0.1) is 0 Å². The Morgan fingerprint density at radius 2 is 1.96 bits per heavy atom. The van der Waals surface area contributed by atoms with Crippen molar-refractivity contribution in [1.29, 1.82) is 0 Å². The number of nitrogens with zero attached hydrogens (tertiary/aromatic N) is 2. The Kier molecular flexibility index (Phi) is 5.68. The van der Waals surface area contributed by atoms with Crippen LogP contribution >= 0.6 is 0 Å². The predicted octanol–water partition coefficient (Wildman–Crippen LogP) is 2.39. The summed E-state index contributed by atoms with van der Waals surface area (Å²) in [5, 5.41) is 2.89. The number of nitrogens with one attached hydrogen (secondary N) is 1. The Balaban J connectivity index is 2.42. The molecule has 0 radical (unpaired) electrons. The van der Waals surface area contributed by atoms with Crippen molar-refractivity contribution in [3.05, 3.63) is 52.4 Å². The van der Waals surface area contributed by atoms with Gasteiger partial charge in [-0.05, 0) is 19.8 Å². The molecule has 0 aliphatic carbocycles. The molecule has 1 aromatic heterocycles. The highest BCUT2D eigenvalue weighted by Crippen LogP contribution is 2.15. The van der Waals surface area contributed by atoms with Crippen molar-refractivity contribution < 1.29 is 4.79 Å². The lowest BCUT2D eigenvalue weighted by molar-refractivity contribution is -0.122. The van der Waals surface area contributed by atoms with Crippen molar-refractivity contribution in [3.8, 4) is 11.4 Å². The van der Waals surface area contributed by atoms with Crippen molar-refractivity contribution in [1.82, 2.24) is 14.9 Å². The average molecular weight is 313 g/mol. The number of hydrogen-bond acceptors (Lipinski definition) is 3. The lowest BCUT2D eigenvalue weighted by atomic mass is 10.2. The van der Waals surface area contributed by atoms with E-state index in [2.05, 4.69) is 10.3 Å². The van der Waals surface area contributed by atoms with Gasteiger partial charge in [0.05, 0.1) is 0 Å². The Hall–Kier alpha value is -2.43. The molecule has 1 atom stereocenters. The van der Waals surface area contributed by atoms with Crippen LogP contribution in [-0.2, 0) is 17.8 Å². The summed E-state index contributed by atoms with van der Waals surface area (Å²) < 4.78 is 1.44. The Morgan fingerprint density at radius 3 is 2.57 bits per heavy atom. The molecule has 1 heterocycles. The van der Waals surface area contributed by atoms with Crippen molar-refractivity contribution in [2.75, 3.05) is 0 Å². The van der Waals surface area contributed by atoms with Crippen LogP contribution in [0.3, 0.4) is 0 Å². The maximum Gasteiger partial charge on any atom is 0.254 e. The van der Waals surface area contributed by atoms with Crippen LogP contribution in [0.25, 0.3) is 11.4 Å². The number of carbonyl (C=O) groups is 1. The lowest BCUT2D eigenvalue weighted by Crippen LogP contribution is -2.37. The molecular weight excluding hydrogens is 290 g/mol. The van der Waals surface area contributed by atoms with E-state index in [4.69, 9.17) is 0 Å². The number of hydrogen-bond donors (Lipinski definition) is 1. The zero-order valence-corrected chi connectivity index (χ0v) is 13.9. The third-order valence-electron chi connectivity index (χ3n) is 3.78. The van der Waals surface area contributed by atoms with E-state index >= 15 is 0 Å². The molecule has 1 unspecified atom stereocenters. The number of benzene rings is 1. The molecule has 5 heteroatoms. The number of rotatable bonds is 6. The Morgan fingerprint density at radius 1 is 1.26 bits per heavy atom. The van der Waals surface area contributed by atoms with E-state index < -0.39 is 0 Å². The molecule has 0 spiro atoms. The molecule has 2 rings (SSSR count). The van der Waals surface area contributed by atoms with E-state index in [-0.39, 0.29) is 24.1 Å². The molecule has 5 nitrogen and oxygen atoms in total. The predicted molar refractivity (Wildman–Crippen MR) is 91.2 cm³/mol. The second kappa shape index (κ2) is 7.72. The van der Waals surface area contributed by atoms with Gasteiger partial charge in [0.25, 0.3) is 5.56 Å². The second-order valence-electron chi connectivity index (χ2n) is 5.59. The largest absolute Gasteiger partial charge is 0.352 e. The highest BCUT2D eigenvalue weighted by Gasteiger charge is 2.14. The molecule has 0 aliphatic heterocycles. The number of amides is 1. The first-order valence-corrected chi connectivity index (χ1v) is 8.00. The minimum absolute atomic E-state index is 0.0234. The molecule has 0 bridgehead atoms. The van der Waals surface area contributed by atoms with Gasteiger partial charge in [-0.3, -0.25) is 14.2 Å². The minimum atomic E-state index is -0.199. The van der Waals surface area contributed by atoms with Crippen LogP contribution < -0.4 is 10.9 Å². The highest BCUT2D eigenvalue weighted by molar-refractivity contribution is 5.76. The number of carbonyl (C=O) groups excluding carboxylic acids is 1. The van der Waals surface area contributed by atoms with Gasteiger partial charge in [-0.1, -0.05) is 44.2 Å². The molecule has 0 aliphatic rings. The first-order chi connectivity index (χ1) is 11.0. The van der Waals surface area contributed by atoms with Gasteiger partial charge in [-0.2, -0.15) is 0 Å². The van der Waals surface area contributed by atoms with Crippen LogP contribution in [0.5, 0.6) is 0 Å². The van der Waals surface area contributed by atoms with Crippen molar-refractivity contribution in [3.63, 3.8) is 0 Å². The summed E-state index contributed by atoms with van der Waals surface area (Å²) in [4.78, 5) is 29.2. The SMILES string of the molecule is CCc1cc(=O)n(CC(=O)NC(C)CC)c(-c2ccccc2)n1. The van der Waals surface area contributed by atoms with Crippen LogP contribution in [0.2, 0.25) is 0 Å². The normalized spacial score (nSPS) is 12.0. The van der Waals surface area contributed by atoms with Crippen molar-refractivity contribution in [2.24, 2.45) is 0 Å². The summed E-state index contributed by atoms with van der Waals surface area (Å²) >= 11 is 0. The van der Waals surface area contributed by atoms with Crippen LogP contribution in [0.4, 0.5) is 0 Å². The fraction of sp³-hybridized carbons (Fsp3) is 0.389. The zero-order valence-electron chi connectivity index (χ0n) is 13.9. The van der Waals surface area contributed by atoms with Gasteiger partial charge >= 0.3 is 0 Å². The summed E-state index contributed by atoms with van der Waals surface area (Å²) in [5.74, 6) is 0.360. The monoisotopic (exact) mass is 313 g/mol. The summed E-state index contributed by atoms with van der Waals surface area (Å²) in [6.07, 6.45) is 1.52. The summed E-state index contributed by atoms with van der Waals surface area (Å²) in [6.45, 7) is 5.88. The van der Waals surface area contributed by atoms with E-state index in [9.17, 15) is 9.59 Å². The van der Waals surface area contributed by atoms with Gasteiger partial charge in [0.2, 0.25) is 5.91 Å². The summed E-state index contributed by atoms with van der Waals surface area (Å²) in [5.41, 5.74) is 1.36. The fourth-order valence-corrected chi connectivity index (χ4v) is 2.26. The molecule has 2 aromatic rings. The minimum Gasteiger partial charge on any atom is -0.352 e. The van der Waals surface area contributed by atoms with E-state index in [1.807, 2.05) is 51.1 Å². The Bertz CT molecular complexity index is 723. The van der Waals surface area contributed by atoms with Crippen LogP contribution in [0.15, 0.2) is 41.2 Å². The third-order valence-corrected chi connectivity index (χ3v) is 3.78. The highest BCUT2D eigenvalue weighted by atomic mass is 16.2. The topological polar surface area (TPSA) is 64.0 Å². The molecule has 1 aromatic carbocycles. The average Bonchev–Trinajstić information content (AvgIpc) is 2.57. The van der Waals surface area contributed by atoms with E-state index in [0.717, 1.165) is 17.7 Å². The van der Waals surface area contributed by atoms with Crippen molar-refractivity contribution in [2.45, 2.75) is 46.2 Å². The maximum atomic E-state index is 12.4. The molecule has 1 amide bonds. The van der Waals surface area contributed by atoms with Crippen LogP contribution in [0.1, 0.15) is 32.9 Å². The molecular formula is C18H23N3O2. The third kappa shape index (κ3) is 4.28. The van der Waals surface area contributed by atoms with Gasteiger partial charge in [0.15, 0.2) is 0 Å². The first kappa shape index (κ1) is 16.9. The quantitative estimate of drug-likeness (QED) is 0.890. The molecule has 0 saturated heterocycles. The van der Waals surface area contributed by atoms with E-state index in [1.54, 1.807) is 0 Å². The second-order valence-corrected chi connectivity index (χ2v) is 5.59. The maximum absolute atomic E-state index is 12.4. The van der Waals surface area contributed by atoms with E-state index in [1.165, 1.54) is 10.6 Å². The molecule has 23 heavy (non-hydrogen) atoms. The van der Waals surface area contributed by atoms with Gasteiger partial charge in [0, 0.05) is 23.4 Å². The van der Waals surface area contributed by atoms with E-state index in [0.29, 0.717) is 12.2 Å². The summed E-state index contributed by atoms with van der Waals surface area (Å²) in [6, 6.07) is 11.1. The van der Waals surface area contributed by atoms with Gasteiger partial charge in [-0.25, -0.2) is 4.98 Å². The smallest absolute Gasteiger partial charge is 0.254 e. The molecule has 0 saturated carbocycles. The molecule has 1 N–H and O–H groups in total.